The smallest absolute Gasteiger partial charge is 0.247 e. The molecule has 8 aromatic rings. The lowest BCUT2D eigenvalue weighted by molar-refractivity contribution is 0.122. The predicted molar refractivity (Wildman–Crippen MR) is 242 cm³/mol. The molecule has 2 N–H and O–H groups in total. The van der Waals surface area contributed by atoms with E-state index in [1.807, 2.05) is 67.6 Å². The zero-order valence-electron chi connectivity index (χ0n) is 34.0. The molecule has 2 aliphatic rings. The van der Waals surface area contributed by atoms with Crippen molar-refractivity contribution in [3.63, 3.8) is 0 Å². The number of morpholine rings is 2. The summed E-state index contributed by atoms with van der Waals surface area (Å²) in [6.45, 7) is 9.69. The molecule has 0 unspecified atom stereocenters. The van der Waals surface area contributed by atoms with Crippen LogP contribution < -0.4 is 20.7 Å². The van der Waals surface area contributed by atoms with E-state index >= 15 is 0 Å². The molecule has 0 aliphatic carbocycles. The van der Waals surface area contributed by atoms with Gasteiger partial charge in [-0.2, -0.15) is 35.1 Å². The molecule has 0 bridgehead atoms. The number of hydrazone groups is 2. The first-order valence-electron chi connectivity index (χ1n) is 20.1. The minimum Gasteiger partial charge on any atom is -0.430 e. The molecular weight excluding hydrogens is 805 g/mol. The molecule has 0 saturated carbocycles. The number of anilines is 4. The largest absolute Gasteiger partial charge is 0.430 e. The Morgan fingerprint density at radius 1 is 0.597 bits per heavy atom. The van der Waals surface area contributed by atoms with Gasteiger partial charge in [-0.3, -0.25) is 9.97 Å². The van der Waals surface area contributed by atoms with Crippen LogP contribution in [0.4, 0.5) is 23.5 Å². The van der Waals surface area contributed by atoms with Crippen molar-refractivity contribution in [2.45, 2.75) is 13.8 Å². The second kappa shape index (κ2) is 19.0. The Bertz CT molecular complexity index is 2630. The van der Waals surface area contributed by atoms with Gasteiger partial charge in [-0.05, 0) is 49.2 Å². The van der Waals surface area contributed by atoms with Crippen LogP contribution >= 0.6 is 11.3 Å². The Morgan fingerprint density at radius 3 is 1.71 bits per heavy atom. The van der Waals surface area contributed by atoms with Crippen LogP contribution in [0.3, 0.4) is 0 Å². The average Bonchev–Trinajstić information content (AvgIpc) is 3.95. The number of ether oxygens (including phenoxy) is 2. The maximum atomic E-state index is 6.07. The standard InChI is InChI=1S/C22H21N7O2.C22H21N7OS/c2*1-15-3-2-4-16(13-15)14-24-28-22-26-19-18(20(27-22)29-9-11-30-12-10-29)31-21(25-19)17-5-7-23-8-6-17/h2*2-8,13-14H,9-12H2,1H3,(H,26,27,28)/b2*24-14+. The normalized spacial score (nSPS) is 14.4. The molecule has 2 fully saturated rings. The van der Waals surface area contributed by atoms with E-state index in [4.69, 9.17) is 23.9 Å². The van der Waals surface area contributed by atoms with Crippen LogP contribution in [0.5, 0.6) is 0 Å². The molecule has 0 radical (unpaired) electrons. The Morgan fingerprint density at radius 2 is 1.13 bits per heavy atom. The Labute approximate surface area is 360 Å². The van der Waals surface area contributed by atoms with Gasteiger partial charge < -0.3 is 23.7 Å². The van der Waals surface area contributed by atoms with Gasteiger partial charge in [0, 0.05) is 62.1 Å². The molecular formula is C44H42N14O3S. The highest BCUT2D eigenvalue weighted by Gasteiger charge is 2.23. The Kier molecular flexibility index (Phi) is 12.3. The summed E-state index contributed by atoms with van der Waals surface area (Å²) in [6.07, 6.45) is 10.4. The number of rotatable bonds is 10. The highest BCUT2D eigenvalue weighted by Crippen LogP contribution is 2.36. The zero-order valence-corrected chi connectivity index (χ0v) is 34.9. The molecule has 0 amide bonds. The average molecular weight is 847 g/mol. The molecule has 2 aromatic carbocycles. The van der Waals surface area contributed by atoms with Gasteiger partial charge in [0.05, 0.1) is 38.9 Å². The second-order valence-electron chi connectivity index (χ2n) is 14.3. The highest BCUT2D eigenvalue weighted by molar-refractivity contribution is 7.22. The number of pyridine rings is 2. The summed E-state index contributed by atoms with van der Waals surface area (Å²) < 4.78 is 18.0. The minimum absolute atomic E-state index is 0.354. The van der Waals surface area contributed by atoms with Gasteiger partial charge in [-0.25, -0.2) is 15.8 Å². The van der Waals surface area contributed by atoms with Crippen LogP contribution in [0.2, 0.25) is 0 Å². The fraction of sp³-hybridized carbons (Fsp3) is 0.227. The molecule has 0 spiro atoms. The maximum absolute atomic E-state index is 6.07. The number of nitrogens with zero attached hydrogens (tertiary/aromatic N) is 12. The van der Waals surface area contributed by atoms with Crippen molar-refractivity contribution in [3.8, 4) is 22.0 Å². The Balaban J connectivity index is 0.000000158. The van der Waals surface area contributed by atoms with Gasteiger partial charge in [0.1, 0.15) is 9.71 Å². The number of thiazole rings is 1. The third-order valence-electron chi connectivity index (χ3n) is 9.79. The van der Waals surface area contributed by atoms with Gasteiger partial charge in [0.2, 0.25) is 29.0 Å². The number of aryl methyl sites for hydroxylation is 2. The summed E-state index contributed by atoms with van der Waals surface area (Å²) in [5.74, 6) is 2.78. The number of fused-ring (bicyclic) bond motifs is 2. The number of aromatic nitrogens is 8. The van der Waals surface area contributed by atoms with E-state index in [1.54, 1.807) is 48.6 Å². The molecule has 6 aromatic heterocycles. The van der Waals surface area contributed by atoms with Crippen LogP contribution in [0.15, 0.2) is 112 Å². The van der Waals surface area contributed by atoms with Crippen molar-refractivity contribution in [1.82, 2.24) is 39.9 Å². The molecule has 0 atom stereocenters. The monoisotopic (exact) mass is 846 g/mol. The lowest BCUT2D eigenvalue weighted by Gasteiger charge is -2.28. The molecule has 312 valence electrons. The molecule has 8 heterocycles. The van der Waals surface area contributed by atoms with Gasteiger partial charge in [0.15, 0.2) is 17.3 Å². The lowest BCUT2D eigenvalue weighted by Crippen LogP contribution is -2.37. The van der Waals surface area contributed by atoms with Crippen molar-refractivity contribution in [3.05, 3.63) is 120 Å². The van der Waals surface area contributed by atoms with E-state index in [1.165, 1.54) is 11.1 Å². The van der Waals surface area contributed by atoms with Crippen LogP contribution in [0, 0.1) is 13.8 Å². The van der Waals surface area contributed by atoms with Crippen molar-refractivity contribution in [1.29, 1.82) is 0 Å². The summed E-state index contributed by atoms with van der Waals surface area (Å²) in [5, 5.41) is 9.53. The van der Waals surface area contributed by atoms with Gasteiger partial charge in [-0.15, -0.1) is 11.3 Å². The van der Waals surface area contributed by atoms with Gasteiger partial charge in [-0.1, -0.05) is 59.7 Å². The van der Waals surface area contributed by atoms with Crippen molar-refractivity contribution in [2.75, 3.05) is 73.3 Å². The lowest BCUT2D eigenvalue weighted by atomic mass is 10.2. The van der Waals surface area contributed by atoms with Gasteiger partial charge >= 0.3 is 0 Å². The van der Waals surface area contributed by atoms with Gasteiger partial charge in [0.25, 0.3) is 0 Å². The number of benzene rings is 2. The summed E-state index contributed by atoms with van der Waals surface area (Å²) in [5.41, 5.74) is 13.8. The first-order chi connectivity index (χ1) is 30.5. The van der Waals surface area contributed by atoms with E-state index < -0.39 is 0 Å². The Hall–Kier alpha value is -7.28. The topological polar surface area (TPSA) is 190 Å². The zero-order chi connectivity index (χ0) is 42.1. The van der Waals surface area contributed by atoms with Crippen molar-refractivity contribution < 1.29 is 13.9 Å². The third kappa shape index (κ3) is 9.68. The van der Waals surface area contributed by atoms with Crippen LogP contribution in [0.25, 0.3) is 43.6 Å². The van der Waals surface area contributed by atoms with Crippen molar-refractivity contribution >= 4 is 68.9 Å². The van der Waals surface area contributed by atoms with E-state index in [0.29, 0.717) is 80.0 Å². The second-order valence-corrected chi connectivity index (χ2v) is 15.3. The number of hydrogen-bond donors (Lipinski definition) is 2. The van der Waals surface area contributed by atoms with E-state index in [9.17, 15) is 0 Å². The summed E-state index contributed by atoms with van der Waals surface area (Å²) in [6, 6.07) is 23.8. The van der Waals surface area contributed by atoms with Crippen LogP contribution in [0.1, 0.15) is 22.3 Å². The third-order valence-corrected chi connectivity index (χ3v) is 10.9. The summed E-state index contributed by atoms with van der Waals surface area (Å²) in [4.78, 5) is 40.4. The van der Waals surface area contributed by atoms with E-state index in [-0.39, 0.29) is 0 Å². The SMILES string of the molecule is Cc1cccc(/C=N/Nc2nc(N3CCOCC3)c3oc(-c4ccncc4)nc3n2)c1.Cc1cccc(/C=N/Nc2nc(N3CCOCC3)c3sc(-c4ccncc4)nc3n2)c1. The van der Waals surface area contributed by atoms with Crippen molar-refractivity contribution in [2.24, 2.45) is 10.2 Å². The minimum atomic E-state index is 0.354. The fourth-order valence-electron chi connectivity index (χ4n) is 6.76. The number of nitrogens with one attached hydrogen (secondary N) is 2. The van der Waals surface area contributed by atoms with Crippen LogP contribution in [-0.2, 0) is 9.47 Å². The number of oxazole rings is 1. The predicted octanol–water partition coefficient (Wildman–Crippen LogP) is 7.01. The summed E-state index contributed by atoms with van der Waals surface area (Å²) >= 11 is 1.59. The molecule has 2 aliphatic heterocycles. The molecule has 10 rings (SSSR count). The molecule has 18 heteroatoms. The van der Waals surface area contributed by atoms with Crippen LogP contribution in [-0.4, -0.2) is 105 Å². The molecule has 17 nitrogen and oxygen atoms in total. The molecule has 2 saturated heterocycles. The van der Waals surface area contributed by atoms with E-state index in [2.05, 4.69) is 79.8 Å². The number of hydrogen-bond acceptors (Lipinski definition) is 18. The first kappa shape index (κ1) is 40.1. The summed E-state index contributed by atoms with van der Waals surface area (Å²) in [7, 11) is 0. The van der Waals surface area contributed by atoms with E-state index in [0.717, 1.165) is 50.9 Å². The maximum Gasteiger partial charge on any atom is 0.247 e. The highest BCUT2D eigenvalue weighted by atomic mass is 32.1. The first-order valence-corrected chi connectivity index (χ1v) is 20.9. The molecule has 62 heavy (non-hydrogen) atoms. The fourth-order valence-corrected chi connectivity index (χ4v) is 7.79. The quantitative estimate of drug-likeness (QED) is 0.106.